The number of rotatable bonds is 3. The van der Waals surface area contributed by atoms with Crippen LogP contribution >= 0.6 is 0 Å². The summed E-state index contributed by atoms with van der Waals surface area (Å²) >= 11 is 0. The first-order valence-electron chi connectivity index (χ1n) is 6.57. The average molecular weight is 287 g/mol. The van der Waals surface area contributed by atoms with Gasteiger partial charge in [-0.05, 0) is 25.0 Å². The quantitative estimate of drug-likeness (QED) is 0.888. The fraction of sp³-hybridized carbons (Fsp3) is 0.286. The van der Waals surface area contributed by atoms with Gasteiger partial charge in [0.2, 0.25) is 0 Å². The number of pyridine rings is 1. The summed E-state index contributed by atoms with van der Waals surface area (Å²) in [6.45, 7) is 0.547. The lowest BCUT2D eigenvalue weighted by Gasteiger charge is -2.22. The summed E-state index contributed by atoms with van der Waals surface area (Å²) in [4.78, 5) is 31.1. The minimum Gasteiger partial charge on any atom is -0.481 e. The van der Waals surface area contributed by atoms with Crippen molar-refractivity contribution in [3.8, 4) is 11.5 Å². The van der Waals surface area contributed by atoms with E-state index in [1.54, 1.807) is 29.0 Å². The Bertz CT molecular complexity index is 709. The molecule has 1 aliphatic heterocycles. The second-order valence-electron chi connectivity index (χ2n) is 4.87. The Morgan fingerprint density at radius 1 is 1.29 bits per heavy atom. The van der Waals surface area contributed by atoms with E-state index in [1.165, 1.54) is 0 Å². The average Bonchev–Trinajstić information content (AvgIpc) is 2.87. The SMILES string of the molecule is O=C(O)c1nc(-c2ccccn2)n2c1C(C(=O)O)CCC2. The van der Waals surface area contributed by atoms with Gasteiger partial charge in [-0.25, -0.2) is 9.78 Å². The summed E-state index contributed by atoms with van der Waals surface area (Å²) in [7, 11) is 0. The van der Waals surface area contributed by atoms with Gasteiger partial charge < -0.3 is 14.8 Å². The minimum atomic E-state index is -1.21. The third-order valence-electron chi connectivity index (χ3n) is 3.61. The highest BCUT2D eigenvalue weighted by atomic mass is 16.4. The van der Waals surface area contributed by atoms with Gasteiger partial charge >= 0.3 is 11.9 Å². The zero-order valence-electron chi connectivity index (χ0n) is 11.1. The monoisotopic (exact) mass is 287 g/mol. The fourth-order valence-corrected chi connectivity index (χ4v) is 2.72. The molecule has 0 aromatic carbocycles. The van der Waals surface area contributed by atoms with Crippen LogP contribution in [0.15, 0.2) is 24.4 Å². The molecule has 0 amide bonds. The van der Waals surface area contributed by atoms with Crippen LogP contribution < -0.4 is 0 Å². The van der Waals surface area contributed by atoms with E-state index >= 15 is 0 Å². The molecule has 7 nitrogen and oxygen atoms in total. The van der Waals surface area contributed by atoms with Crippen LogP contribution in [0.3, 0.4) is 0 Å². The molecule has 0 fully saturated rings. The molecular formula is C14H13N3O4. The predicted octanol–water partition coefficient (Wildman–Crippen LogP) is 1.61. The van der Waals surface area contributed by atoms with Crippen molar-refractivity contribution in [2.45, 2.75) is 25.3 Å². The van der Waals surface area contributed by atoms with E-state index in [0.717, 1.165) is 0 Å². The van der Waals surface area contributed by atoms with Crippen molar-refractivity contribution in [1.82, 2.24) is 14.5 Å². The molecule has 0 saturated heterocycles. The van der Waals surface area contributed by atoms with Gasteiger partial charge in [-0.15, -0.1) is 0 Å². The normalized spacial score (nSPS) is 17.2. The molecule has 0 aliphatic carbocycles. The molecule has 0 bridgehead atoms. The number of aromatic carboxylic acids is 1. The molecule has 108 valence electrons. The molecule has 2 aromatic rings. The number of imidazole rings is 1. The van der Waals surface area contributed by atoms with Crippen LogP contribution in [0.4, 0.5) is 0 Å². The van der Waals surface area contributed by atoms with Gasteiger partial charge in [-0.2, -0.15) is 0 Å². The minimum absolute atomic E-state index is 0.192. The summed E-state index contributed by atoms with van der Waals surface area (Å²) in [5.74, 6) is -2.66. The Morgan fingerprint density at radius 3 is 2.71 bits per heavy atom. The van der Waals surface area contributed by atoms with Crippen molar-refractivity contribution in [3.63, 3.8) is 0 Å². The maximum absolute atomic E-state index is 11.4. The molecule has 3 rings (SSSR count). The zero-order valence-corrected chi connectivity index (χ0v) is 11.1. The van der Waals surface area contributed by atoms with E-state index in [-0.39, 0.29) is 11.4 Å². The van der Waals surface area contributed by atoms with Gasteiger partial charge in [0, 0.05) is 12.7 Å². The van der Waals surface area contributed by atoms with Crippen LogP contribution in [0.5, 0.6) is 0 Å². The van der Waals surface area contributed by atoms with Gasteiger partial charge in [-0.3, -0.25) is 9.78 Å². The lowest BCUT2D eigenvalue weighted by molar-refractivity contribution is -0.139. The van der Waals surface area contributed by atoms with E-state index in [9.17, 15) is 19.8 Å². The van der Waals surface area contributed by atoms with Gasteiger partial charge in [0.25, 0.3) is 0 Å². The lowest BCUT2D eigenvalue weighted by Crippen LogP contribution is -2.24. The number of carbonyl (C=O) groups is 2. The maximum Gasteiger partial charge on any atom is 0.356 e. The van der Waals surface area contributed by atoms with E-state index < -0.39 is 17.9 Å². The third kappa shape index (κ3) is 2.16. The number of hydrogen-bond acceptors (Lipinski definition) is 4. The summed E-state index contributed by atoms with van der Waals surface area (Å²) < 4.78 is 1.67. The molecule has 1 atom stereocenters. The Balaban J connectivity index is 2.23. The Morgan fingerprint density at radius 2 is 2.10 bits per heavy atom. The molecule has 0 radical (unpaired) electrons. The van der Waals surface area contributed by atoms with Crippen LogP contribution in [0.1, 0.15) is 34.9 Å². The number of nitrogens with zero attached hydrogens (tertiary/aromatic N) is 3. The summed E-state index contributed by atoms with van der Waals surface area (Å²) in [6.07, 6.45) is 2.68. The number of aromatic nitrogens is 3. The first kappa shape index (κ1) is 13.3. The second kappa shape index (κ2) is 5.01. The Hall–Kier alpha value is -2.70. The predicted molar refractivity (Wildman–Crippen MR) is 72.0 cm³/mol. The van der Waals surface area contributed by atoms with Gasteiger partial charge in [0.1, 0.15) is 5.69 Å². The van der Waals surface area contributed by atoms with E-state index in [0.29, 0.717) is 30.9 Å². The molecule has 1 aliphatic rings. The van der Waals surface area contributed by atoms with E-state index in [4.69, 9.17) is 0 Å². The van der Waals surface area contributed by atoms with E-state index in [1.807, 2.05) is 0 Å². The van der Waals surface area contributed by atoms with Crippen molar-refractivity contribution in [2.75, 3.05) is 0 Å². The number of carboxylic acid groups (broad SMARTS) is 2. The largest absolute Gasteiger partial charge is 0.481 e. The highest BCUT2D eigenvalue weighted by Crippen LogP contribution is 2.34. The molecule has 2 N–H and O–H groups in total. The lowest BCUT2D eigenvalue weighted by atomic mass is 9.94. The summed E-state index contributed by atoms with van der Waals surface area (Å²) in [6, 6.07) is 5.26. The topological polar surface area (TPSA) is 105 Å². The van der Waals surface area contributed by atoms with Gasteiger partial charge in [0.05, 0.1) is 11.6 Å². The molecule has 0 saturated carbocycles. The van der Waals surface area contributed by atoms with Crippen LogP contribution in [-0.2, 0) is 11.3 Å². The van der Waals surface area contributed by atoms with Crippen LogP contribution in [0.25, 0.3) is 11.5 Å². The number of hydrogen-bond donors (Lipinski definition) is 2. The first-order valence-corrected chi connectivity index (χ1v) is 6.57. The maximum atomic E-state index is 11.4. The molecule has 3 heterocycles. The van der Waals surface area contributed by atoms with Crippen molar-refractivity contribution in [1.29, 1.82) is 0 Å². The standard InChI is InChI=1S/C14H13N3O4/c18-13(19)8-4-3-7-17-11(8)10(14(20)21)16-12(17)9-5-1-2-6-15-9/h1-2,5-6,8H,3-4,7H2,(H,18,19)(H,20,21). The molecule has 0 spiro atoms. The fourth-order valence-electron chi connectivity index (χ4n) is 2.72. The Kier molecular flexibility index (Phi) is 3.17. The van der Waals surface area contributed by atoms with Crippen LogP contribution in [-0.4, -0.2) is 36.7 Å². The van der Waals surface area contributed by atoms with Crippen LogP contribution in [0.2, 0.25) is 0 Å². The number of aliphatic carboxylic acids is 1. The zero-order chi connectivity index (χ0) is 15.0. The molecule has 1 unspecified atom stereocenters. The van der Waals surface area contributed by atoms with Crippen molar-refractivity contribution >= 4 is 11.9 Å². The Labute approximate surface area is 119 Å². The second-order valence-corrected chi connectivity index (χ2v) is 4.87. The highest BCUT2D eigenvalue weighted by Gasteiger charge is 2.35. The first-order chi connectivity index (χ1) is 10.1. The highest BCUT2D eigenvalue weighted by molar-refractivity contribution is 5.90. The van der Waals surface area contributed by atoms with E-state index in [2.05, 4.69) is 9.97 Å². The third-order valence-corrected chi connectivity index (χ3v) is 3.61. The van der Waals surface area contributed by atoms with Crippen molar-refractivity contribution in [2.24, 2.45) is 0 Å². The molecule has 7 heteroatoms. The summed E-state index contributed by atoms with van der Waals surface area (Å²) in [5.41, 5.74) is 0.613. The van der Waals surface area contributed by atoms with Crippen LogP contribution in [0, 0.1) is 0 Å². The van der Waals surface area contributed by atoms with Gasteiger partial charge in [-0.1, -0.05) is 6.07 Å². The summed E-state index contributed by atoms with van der Waals surface area (Å²) in [5, 5.41) is 18.6. The number of carboxylic acids is 2. The molecular weight excluding hydrogens is 274 g/mol. The number of fused-ring (bicyclic) bond motifs is 1. The molecule has 2 aromatic heterocycles. The molecule has 21 heavy (non-hydrogen) atoms. The smallest absolute Gasteiger partial charge is 0.356 e. The van der Waals surface area contributed by atoms with Gasteiger partial charge in [0.15, 0.2) is 11.5 Å². The van der Waals surface area contributed by atoms with Crippen molar-refractivity contribution < 1.29 is 19.8 Å². The van der Waals surface area contributed by atoms with Crippen molar-refractivity contribution in [3.05, 3.63) is 35.8 Å².